The molecule has 2 N–H and O–H groups in total. The van der Waals surface area contributed by atoms with Gasteiger partial charge in [-0.15, -0.1) is 10.2 Å². The number of nitrogens with one attached hydrogen (secondary N) is 1. The third-order valence-electron chi connectivity index (χ3n) is 2.06. The molecule has 0 radical (unpaired) electrons. The molecule has 5 heteroatoms. The van der Waals surface area contributed by atoms with Gasteiger partial charge in [-0.1, -0.05) is 0 Å². The van der Waals surface area contributed by atoms with Crippen LogP contribution in [-0.4, -0.2) is 32.5 Å². The molecule has 0 bridgehead atoms. The van der Waals surface area contributed by atoms with Crippen LogP contribution in [0.25, 0.3) is 0 Å². The van der Waals surface area contributed by atoms with Crippen molar-refractivity contribution in [3.8, 4) is 0 Å². The Bertz CT molecular complexity index is 259. The van der Waals surface area contributed by atoms with Gasteiger partial charge in [0, 0.05) is 6.54 Å². The fourth-order valence-corrected chi connectivity index (χ4v) is 1.19. The molecule has 0 amide bonds. The summed E-state index contributed by atoms with van der Waals surface area (Å²) in [5.41, 5.74) is 0. The first-order valence-corrected chi connectivity index (χ1v) is 4.99. The molecule has 5 nitrogen and oxygen atoms in total. The second-order valence-corrected chi connectivity index (χ2v) is 3.35. The molecule has 1 atom stereocenters. The Morgan fingerprint density at radius 2 is 2.43 bits per heavy atom. The van der Waals surface area contributed by atoms with Crippen molar-refractivity contribution in [1.82, 2.24) is 20.1 Å². The minimum absolute atomic E-state index is 0.244. The van der Waals surface area contributed by atoms with Crippen molar-refractivity contribution < 1.29 is 5.11 Å². The number of nitrogens with zero attached hydrogens (tertiary/aromatic N) is 3. The van der Waals surface area contributed by atoms with Crippen molar-refractivity contribution in [2.24, 2.45) is 0 Å². The van der Waals surface area contributed by atoms with E-state index in [4.69, 9.17) is 5.11 Å². The molecule has 0 saturated heterocycles. The van der Waals surface area contributed by atoms with Gasteiger partial charge in [0.05, 0.1) is 12.6 Å². The molecule has 80 valence electrons. The van der Waals surface area contributed by atoms with Gasteiger partial charge in [0.15, 0.2) is 0 Å². The summed E-state index contributed by atoms with van der Waals surface area (Å²) < 4.78 is 2.00. The lowest BCUT2D eigenvalue weighted by Gasteiger charge is -2.06. The smallest absolute Gasteiger partial charge is 0.146 e. The quantitative estimate of drug-likeness (QED) is 0.639. The van der Waals surface area contributed by atoms with Crippen molar-refractivity contribution in [3.05, 3.63) is 12.2 Å². The summed E-state index contributed by atoms with van der Waals surface area (Å²) in [5.74, 6) is 0.943. The van der Waals surface area contributed by atoms with Gasteiger partial charge in [0.2, 0.25) is 0 Å². The van der Waals surface area contributed by atoms with Crippen LogP contribution in [0.4, 0.5) is 0 Å². The van der Waals surface area contributed by atoms with Crippen LogP contribution >= 0.6 is 0 Å². The zero-order valence-electron chi connectivity index (χ0n) is 8.77. The normalized spacial score (nSPS) is 13.1. The number of aliphatic hydroxyl groups excluding tert-OH is 1. The third-order valence-corrected chi connectivity index (χ3v) is 2.06. The van der Waals surface area contributed by atoms with Gasteiger partial charge in [-0.25, -0.2) is 0 Å². The van der Waals surface area contributed by atoms with Crippen molar-refractivity contribution in [2.45, 2.75) is 39.5 Å². The molecule has 1 heterocycles. The highest BCUT2D eigenvalue weighted by Gasteiger charge is 2.01. The van der Waals surface area contributed by atoms with E-state index in [1.54, 1.807) is 13.3 Å². The maximum absolute atomic E-state index is 9.04. The lowest BCUT2D eigenvalue weighted by molar-refractivity contribution is 0.183. The van der Waals surface area contributed by atoms with Crippen molar-refractivity contribution in [1.29, 1.82) is 0 Å². The average Bonchev–Trinajstić information content (AvgIpc) is 2.59. The van der Waals surface area contributed by atoms with E-state index in [1.807, 2.05) is 4.57 Å². The average molecular weight is 198 g/mol. The zero-order valence-corrected chi connectivity index (χ0v) is 8.77. The minimum Gasteiger partial charge on any atom is -0.393 e. The Morgan fingerprint density at radius 1 is 1.64 bits per heavy atom. The molecule has 0 aliphatic rings. The minimum atomic E-state index is -0.244. The standard InChI is InChI=1S/C9H18N4O/c1-3-13-7-11-12-9(13)6-10-5-4-8(2)14/h7-8,10,14H,3-6H2,1-2H3. The van der Waals surface area contributed by atoms with Crippen LogP contribution in [0.15, 0.2) is 6.33 Å². The molecule has 0 spiro atoms. The van der Waals surface area contributed by atoms with E-state index < -0.39 is 0 Å². The molecular formula is C9H18N4O. The van der Waals surface area contributed by atoms with E-state index in [1.165, 1.54) is 0 Å². The third kappa shape index (κ3) is 3.43. The Morgan fingerprint density at radius 3 is 3.07 bits per heavy atom. The first-order valence-electron chi connectivity index (χ1n) is 4.99. The van der Waals surface area contributed by atoms with Crippen LogP contribution in [0.1, 0.15) is 26.1 Å². The molecule has 14 heavy (non-hydrogen) atoms. The molecule has 1 aromatic heterocycles. The molecule has 1 unspecified atom stereocenters. The maximum Gasteiger partial charge on any atom is 0.146 e. The Kier molecular flexibility index (Phi) is 4.55. The Labute approximate surface area is 84.2 Å². The first-order chi connectivity index (χ1) is 6.74. The predicted octanol–water partition coefficient (Wildman–Crippen LogP) is 0.159. The summed E-state index contributed by atoms with van der Waals surface area (Å²) in [7, 11) is 0. The highest BCUT2D eigenvalue weighted by Crippen LogP contribution is 1.94. The maximum atomic E-state index is 9.04. The highest BCUT2D eigenvalue weighted by molar-refractivity contribution is 4.84. The van der Waals surface area contributed by atoms with Gasteiger partial charge in [0.25, 0.3) is 0 Å². The van der Waals surface area contributed by atoms with Crippen molar-refractivity contribution >= 4 is 0 Å². The molecule has 0 aliphatic carbocycles. The SMILES string of the molecule is CCn1cnnc1CNCCC(C)O. The molecule has 0 fully saturated rings. The van der Waals surface area contributed by atoms with Crippen LogP contribution in [0, 0.1) is 0 Å². The summed E-state index contributed by atoms with van der Waals surface area (Å²) in [4.78, 5) is 0. The van der Waals surface area contributed by atoms with Gasteiger partial charge < -0.3 is 15.0 Å². The van der Waals surface area contributed by atoms with Crippen LogP contribution < -0.4 is 5.32 Å². The topological polar surface area (TPSA) is 63.0 Å². The van der Waals surface area contributed by atoms with Crippen molar-refractivity contribution in [2.75, 3.05) is 6.54 Å². The zero-order chi connectivity index (χ0) is 10.4. The second kappa shape index (κ2) is 5.72. The number of aliphatic hydroxyl groups is 1. The van der Waals surface area contributed by atoms with Crippen molar-refractivity contribution in [3.63, 3.8) is 0 Å². The van der Waals surface area contributed by atoms with Gasteiger partial charge in [-0.05, 0) is 26.8 Å². The summed E-state index contributed by atoms with van der Waals surface area (Å²) in [6, 6.07) is 0. The number of aromatic nitrogens is 3. The fourth-order valence-electron chi connectivity index (χ4n) is 1.19. The van der Waals surface area contributed by atoms with E-state index in [9.17, 15) is 0 Å². The Balaban J connectivity index is 2.24. The van der Waals surface area contributed by atoms with Gasteiger partial charge >= 0.3 is 0 Å². The van der Waals surface area contributed by atoms with Crippen LogP contribution in [-0.2, 0) is 13.1 Å². The van der Waals surface area contributed by atoms with Crippen LogP contribution in [0.3, 0.4) is 0 Å². The van der Waals surface area contributed by atoms with Gasteiger partial charge in [-0.2, -0.15) is 0 Å². The monoisotopic (exact) mass is 198 g/mol. The molecule has 1 aromatic rings. The van der Waals surface area contributed by atoms with E-state index in [0.717, 1.165) is 25.3 Å². The molecular weight excluding hydrogens is 180 g/mol. The first kappa shape index (κ1) is 11.1. The predicted molar refractivity (Wildman–Crippen MR) is 53.7 cm³/mol. The van der Waals surface area contributed by atoms with E-state index >= 15 is 0 Å². The highest BCUT2D eigenvalue weighted by atomic mass is 16.3. The van der Waals surface area contributed by atoms with E-state index in [2.05, 4.69) is 22.4 Å². The van der Waals surface area contributed by atoms with Crippen LogP contribution in [0.5, 0.6) is 0 Å². The summed E-state index contributed by atoms with van der Waals surface area (Å²) in [6.07, 6.45) is 2.25. The molecule has 0 saturated carbocycles. The fraction of sp³-hybridized carbons (Fsp3) is 0.778. The van der Waals surface area contributed by atoms with E-state index in [0.29, 0.717) is 6.54 Å². The molecule has 0 aliphatic heterocycles. The van der Waals surface area contributed by atoms with Gasteiger partial charge in [-0.3, -0.25) is 0 Å². The number of hydrogen-bond acceptors (Lipinski definition) is 4. The Hall–Kier alpha value is -0.940. The molecule has 0 aromatic carbocycles. The van der Waals surface area contributed by atoms with Gasteiger partial charge in [0.1, 0.15) is 12.2 Å². The summed E-state index contributed by atoms with van der Waals surface area (Å²) in [6.45, 7) is 6.24. The number of rotatable bonds is 6. The number of hydrogen-bond donors (Lipinski definition) is 2. The molecule has 1 rings (SSSR count). The summed E-state index contributed by atoms with van der Waals surface area (Å²) >= 11 is 0. The van der Waals surface area contributed by atoms with E-state index in [-0.39, 0.29) is 6.10 Å². The second-order valence-electron chi connectivity index (χ2n) is 3.35. The summed E-state index contributed by atoms with van der Waals surface area (Å²) in [5, 5.41) is 20.1. The lowest BCUT2D eigenvalue weighted by atomic mass is 10.3. The lowest BCUT2D eigenvalue weighted by Crippen LogP contribution is -2.20. The van der Waals surface area contributed by atoms with Crippen LogP contribution in [0.2, 0.25) is 0 Å². The largest absolute Gasteiger partial charge is 0.393 e. The number of aryl methyl sites for hydroxylation is 1.